The Morgan fingerprint density at radius 2 is 1.77 bits per heavy atom. The van der Waals surface area contributed by atoms with Crippen LogP contribution < -0.4 is 10.1 Å². The molecule has 9 heteroatoms. The van der Waals surface area contributed by atoms with Crippen LogP contribution >= 0.6 is 0 Å². The van der Waals surface area contributed by atoms with Crippen molar-refractivity contribution in [1.82, 2.24) is 10.2 Å². The molecule has 0 bridgehead atoms. The zero-order valence-electron chi connectivity index (χ0n) is 25.4. The minimum atomic E-state index is -0.445. The number of nitrogens with zero attached hydrogens (tertiary/aromatic N) is 1. The minimum absolute atomic E-state index is 0.0313. The molecule has 3 saturated heterocycles. The third kappa shape index (κ3) is 7.26. The van der Waals surface area contributed by atoms with E-state index in [0.717, 1.165) is 24.8 Å². The van der Waals surface area contributed by atoms with E-state index in [4.69, 9.17) is 18.9 Å². The third-order valence-corrected chi connectivity index (χ3v) is 8.99. The van der Waals surface area contributed by atoms with Crippen molar-refractivity contribution in [1.29, 1.82) is 0 Å². The first-order chi connectivity index (χ1) is 21.3. The van der Waals surface area contributed by atoms with Crippen molar-refractivity contribution in [3.8, 4) is 5.75 Å². The Bertz CT molecular complexity index is 1350. The lowest BCUT2D eigenvalue weighted by Crippen LogP contribution is -2.46. The number of hydrogen-bond acceptors (Lipinski definition) is 7. The summed E-state index contributed by atoms with van der Waals surface area (Å²) in [4.78, 5) is 40.6. The molecule has 234 valence electrons. The van der Waals surface area contributed by atoms with Gasteiger partial charge in [0.15, 0.2) is 0 Å². The van der Waals surface area contributed by atoms with Gasteiger partial charge in [0.1, 0.15) is 24.1 Å². The highest BCUT2D eigenvalue weighted by molar-refractivity contribution is 5.89. The van der Waals surface area contributed by atoms with E-state index in [0.29, 0.717) is 62.1 Å². The Morgan fingerprint density at radius 1 is 1.00 bits per heavy atom. The Hall–Kier alpha value is -3.85. The van der Waals surface area contributed by atoms with Crippen LogP contribution in [0.4, 0.5) is 0 Å². The molecule has 3 heterocycles. The summed E-state index contributed by atoms with van der Waals surface area (Å²) in [5.74, 6) is 1.13. The molecule has 1 saturated carbocycles. The molecule has 44 heavy (non-hydrogen) atoms. The van der Waals surface area contributed by atoms with Crippen molar-refractivity contribution < 1.29 is 33.3 Å². The smallest absolute Gasteiger partial charge is 0.338 e. The molecule has 2 aromatic carbocycles. The number of piperidine rings is 1. The molecular weight excluding hydrogens is 560 g/mol. The second-order valence-corrected chi connectivity index (χ2v) is 12.5. The quantitative estimate of drug-likeness (QED) is 0.379. The molecule has 2 amide bonds. The number of likely N-dealkylation sites (tertiary alicyclic amines) is 1. The number of amides is 2. The van der Waals surface area contributed by atoms with Gasteiger partial charge >= 0.3 is 5.97 Å². The van der Waals surface area contributed by atoms with Crippen LogP contribution in [0, 0.1) is 5.92 Å². The van der Waals surface area contributed by atoms with Gasteiger partial charge in [0.2, 0.25) is 11.8 Å². The molecule has 6 rings (SSSR count). The molecule has 0 radical (unpaired) electrons. The Labute approximate surface area is 258 Å². The van der Waals surface area contributed by atoms with Crippen molar-refractivity contribution >= 4 is 17.8 Å². The van der Waals surface area contributed by atoms with Gasteiger partial charge in [0.05, 0.1) is 36.4 Å². The molecular formula is C35H42N2O7. The first-order valence-electron chi connectivity index (χ1n) is 15.9. The summed E-state index contributed by atoms with van der Waals surface area (Å²) >= 11 is 0. The molecule has 1 N–H and O–H groups in total. The molecule has 9 nitrogen and oxygen atoms in total. The highest BCUT2D eigenvalue weighted by Gasteiger charge is 2.34. The highest BCUT2D eigenvalue weighted by atomic mass is 16.5. The van der Waals surface area contributed by atoms with E-state index in [-0.39, 0.29) is 29.9 Å². The van der Waals surface area contributed by atoms with Gasteiger partial charge < -0.3 is 29.2 Å². The number of benzene rings is 2. The Balaban J connectivity index is 1.08. The largest absolute Gasteiger partial charge is 0.498 e. The maximum Gasteiger partial charge on any atom is 0.338 e. The molecule has 3 aliphatic heterocycles. The number of rotatable bonds is 10. The first kappa shape index (κ1) is 30.2. The fourth-order valence-electron chi connectivity index (χ4n) is 6.31. The zero-order valence-corrected chi connectivity index (χ0v) is 25.4. The number of nitrogens with one attached hydrogen (secondary N) is 1. The fourth-order valence-corrected chi connectivity index (χ4v) is 6.31. The van der Waals surface area contributed by atoms with E-state index in [2.05, 4.69) is 36.2 Å². The lowest BCUT2D eigenvalue weighted by molar-refractivity contribution is -0.138. The summed E-state index contributed by atoms with van der Waals surface area (Å²) in [6.07, 6.45) is 4.85. The molecule has 0 aromatic heterocycles. The van der Waals surface area contributed by atoms with Crippen LogP contribution in [0.15, 0.2) is 60.9 Å². The monoisotopic (exact) mass is 602 g/mol. The number of ether oxygens (including phenoxy) is 4. The van der Waals surface area contributed by atoms with Gasteiger partial charge in [-0.15, -0.1) is 0 Å². The molecule has 0 spiro atoms. The third-order valence-electron chi connectivity index (χ3n) is 8.99. The number of carbonyl (C=O) groups is 3. The van der Waals surface area contributed by atoms with Gasteiger partial charge in [-0.05, 0) is 86.8 Å². The molecule has 4 aliphatic rings. The van der Waals surface area contributed by atoms with Gasteiger partial charge in [-0.25, -0.2) is 4.79 Å². The molecule has 4 fully saturated rings. The van der Waals surface area contributed by atoms with E-state index < -0.39 is 18.2 Å². The van der Waals surface area contributed by atoms with Crippen molar-refractivity contribution in [2.24, 2.45) is 5.92 Å². The van der Waals surface area contributed by atoms with Crippen LogP contribution in [0.1, 0.15) is 85.4 Å². The van der Waals surface area contributed by atoms with E-state index in [1.807, 2.05) is 6.92 Å². The van der Waals surface area contributed by atoms with E-state index >= 15 is 0 Å². The van der Waals surface area contributed by atoms with Gasteiger partial charge in [0.25, 0.3) is 0 Å². The minimum Gasteiger partial charge on any atom is -0.498 e. The van der Waals surface area contributed by atoms with E-state index in [1.54, 1.807) is 29.2 Å². The standard InChI is InChI=1S/C35H42N2O7/c1-22-19-28(21-42-22)34(39)37-17-3-5-30(20-37)44-35(40)27-13-15-29(16-14-27)43-32(23(2)36-33(38)31-6-4-18-41-31)26-11-9-25(10-12-26)24-7-8-24/h9-16,23-24,28,30-32H,1,3-8,17-21H2,2H3,(H,36,38)/t23-,28+,30-,31+,32-/m0/s1. The topological polar surface area (TPSA) is 103 Å². The summed E-state index contributed by atoms with van der Waals surface area (Å²) in [6, 6.07) is 15.0. The summed E-state index contributed by atoms with van der Waals surface area (Å²) in [6.45, 7) is 7.74. The van der Waals surface area contributed by atoms with Crippen molar-refractivity contribution in [2.75, 3.05) is 26.3 Å². The van der Waals surface area contributed by atoms with Crippen LogP contribution in [0.25, 0.3) is 0 Å². The average molecular weight is 603 g/mol. The number of carbonyl (C=O) groups excluding carboxylic acids is 3. The zero-order chi connectivity index (χ0) is 30.6. The van der Waals surface area contributed by atoms with Crippen LogP contribution in [0.2, 0.25) is 0 Å². The maximum atomic E-state index is 13.0. The lowest BCUT2D eigenvalue weighted by Gasteiger charge is -2.33. The molecule has 5 atom stereocenters. The SMILES string of the molecule is C=C1C[C@@H](C(=O)N2CCC[C@H](OC(=O)c3ccc(O[C@H](c4ccc(C5CC5)cc4)[C@H](C)NC(=O)[C@H]4CCCO4)cc3)C2)CO1. The molecule has 0 unspecified atom stereocenters. The predicted molar refractivity (Wildman–Crippen MR) is 163 cm³/mol. The van der Waals surface area contributed by atoms with Crippen LogP contribution in [-0.4, -0.2) is 67.2 Å². The summed E-state index contributed by atoms with van der Waals surface area (Å²) in [5, 5.41) is 3.09. The summed E-state index contributed by atoms with van der Waals surface area (Å²) in [5.41, 5.74) is 2.70. The van der Waals surface area contributed by atoms with E-state index in [1.165, 1.54) is 18.4 Å². The van der Waals surface area contributed by atoms with Crippen molar-refractivity contribution in [2.45, 2.75) is 82.1 Å². The van der Waals surface area contributed by atoms with Gasteiger partial charge in [-0.2, -0.15) is 0 Å². The van der Waals surface area contributed by atoms with Crippen molar-refractivity contribution in [3.05, 3.63) is 77.6 Å². The second-order valence-electron chi connectivity index (χ2n) is 12.5. The lowest BCUT2D eigenvalue weighted by atomic mass is 10.00. The molecule has 2 aromatic rings. The Morgan fingerprint density at radius 3 is 2.43 bits per heavy atom. The van der Waals surface area contributed by atoms with Crippen molar-refractivity contribution in [3.63, 3.8) is 0 Å². The second kappa shape index (κ2) is 13.4. The van der Waals surface area contributed by atoms with E-state index in [9.17, 15) is 14.4 Å². The summed E-state index contributed by atoms with van der Waals surface area (Å²) in [7, 11) is 0. The average Bonchev–Trinajstić information content (AvgIpc) is 3.55. The van der Waals surface area contributed by atoms with Crippen LogP contribution in [0.3, 0.4) is 0 Å². The fraction of sp³-hybridized carbons (Fsp3) is 0.514. The predicted octanol–water partition coefficient (Wildman–Crippen LogP) is 5.07. The molecule has 1 aliphatic carbocycles. The maximum absolute atomic E-state index is 13.0. The van der Waals surface area contributed by atoms with Gasteiger partial charge in [-0.3, -0.25) is 9.59 Å². The Kier molecular flexibility index (Phi) is 9.21. The van der Waals surface area contributed by atoms with Crippen LogP contribution in [0.5, 0.6) is 5.75 Å². The number of allylic oxidation sites excluding steroid dienone is 1. The van der Waals surface area contributed by atoms with Crippen LogP contribution in [-0.2, 0) is 23.8 Å². The first-order valence-corrected chi connectivity index (χ1v) is 15.9. The van der Waals surface area contributed by atoms with Gasteiger partial charge in [0, 0.05) is 19.6 Å². The summed E-state index contributed by atoms with van der Waals surface area (Å²) < 4.78 is 23.2. The number of esters is 1. The highest BCUT2D eigenvalue weighted by Crippen LogP contribution is 2.40. The van der Waals surface area contributed by atoms with Gasteiger partial charge in [-0.1, -0.05) is 30.8 Å². The normalized spacial score (nSPS) is 24.7. The number of hydrogen-bond donors (Lipinski definition) is 1.